The van der Waals surface area contributed by atoms with Gasteiger partial charge in [-0.3, -0.25) is 9.69 Å². The Kier molecular flexibility index (Phi) is 7.19. The zero-order chi connectivity index (χ0) is 24.0. The number of likely N-dealkylation sites (tertiary alicyclic amines) is 1. The van der Waals surface area contributed by atoms with Crippen LogP contribution in [0.15, 0.2) is 66.9 Å². The fourth-order valence-electron chi connectivity index (χ4n) is 5.16. The van der Waals surface area contributed by atoms with E-state index in [-0.39, 0.29) is 5.91 Å². The summed E-state index contributed by atoms with van der Waals surface area (Å²) in [6.07, 6.45) is 6.50. The molecule has 1 aromatic heterocycles. The topological polar surface area (TPSA) is 65.5 Å². The third kappa shape index (κ3) is 5.60. The lowest BCUT2D eigenvalue weighted by Crippen LogP contribution is -2.39. The van der Waals surface area contributed by atoms with Crippen LogP contribution in [0.1, 0.15) is 45.5 Å². The van der Waals surface area contributed by atoms with Gasteiger partial charge >= 0.3 is 0 Å². The number of aldehydes is 1. The van der Waals surface area contributed by atoms with Crippen LogP contribution in [0.5, 0.6) is 0 Å². The van der Waals surface area contributed by atoms with E-state index in [1.54, 1.807) is 18.3 Å². The average molecular weight is 469 g/mol. The Bertz CT molecular complexity index is 1170. The van der Waals surface area contributed by atoms with Crippen molar-refractivity contribution >= 4 is 18.0 Å². The van der Waals surface area contributed by atoms with Crippen molar-refractivity contribution in [3.05, 3.63) is 94.7 Å². The highest BCUT2D eigenvalue weighted by Crippen LogP contribution is 2.27. The summed E-state index contributed by atoms with van der Waals surface area (Å²) in [7, 11) is 0. The molecule has 3 aromatic rings. The molecule has 2 aliphatic rings. The fraction of sp³-hybridized carbons (Fsp3) is 0.345. The number of amides is 1. The molecule has 6 heteroatoms. The molecule has 35 heavy (non-hydrogen) atoms. The van der Waals surface area contributed by atoms with Gasteiger partial charge in [0.15, 0.2) is 0 Å². The average Bonchev–Trinajstić information content (AvgIpc) is 3.41. The third-order valence-corrected chi connectivity index (χ3v) is 7.00. The SMILES string of the molecule is O=CC(Cc1ccccc1)NC(=O)c1cccnc1N1CCc2ccc(CN3CCCC3)cc2C1. The Labute approximate surface area is 207 Å². The van der Waals surface area contributed by atoms with Crippen molar-refractivity contribution < 1.29 is 9.59 Å². The fourth-order valence-corrected chi connectivity index (χ4v) is 5.16. The van der Waals surface area contributed by atoms with Gasteiger partial charge in [-0.1, -0.05) is 48.5 Å². The van der Waals surface area contributed by atoms with Gasteiger partial charge in [0.05, 0.1) is 11.6 Å². The van der Waals surface area contributed by atoms with E-state index in [0.717, 1.165) is 37.9 Å². The lowest BCUT2D eigenvalue weighted by molar-refractivity contribution is -0.109. The van der Waals surface area contributed by atoms with E-state index in [2.05, 4.69) is 38.3 Å². The maximum absolute atomic E-state index is 13.2. The highest BCUT2D eigenvalue weighted by Gasteiger charge is 2.24. The number of anilines is 1. The van der Waals surface area contributed by atoms with Crippen molar-refractivity contribution in [3.8, 4) is 0 Å². The summed E-state index contributed by atoms with van der Waals surface area (Å²) in [5.74, 6) is 0.402. The Morgan fingerprint density at radius 1 is 0.971 bits per heavy atom. The van der Waals surface area contributed by atoms with Gasteiger partial charge in [0, 0.05) is 25.8 Å². The van der Waals surface area contributed by atoms with Crippen molar-refractivity contribution in [2.24, 2.45) is 0 Å². The molecular formula is C29H32N4O2. The first-order valence-electron chi connectivity index (χ1n) is 12.5. The van der Waals surface area contributed by atoms with E-state index in [1.165, 1.54) is 42.6 Å². The van der Waals surface area contributed by atoms with Gasteiger partial charge in [-0.2, -0.15) is 0 Å². The number of carbonyl (C=O) groups excluding carboxylic acids is 2. The predicted molar refractivity (Wildman–Crippen MR) is 137 cm³/mol. The summed E-state index contributed by atoms with van der Waals surface area (Å²) < 4.78 is 0. The molecule has 1 N–H and O–H groups in total. The van der Waals surface area contributed by atoms with Gasteiger partial charge in [-0.15, -0.1) is 0 Å². The van der Waals surface area contributed by atoms with E-state index in [1.807, 2.05) is 30.3 Å². The van der Waals surface area contributed by atoms with Gasteiger partial charge < -0.3 is 15.0 Å². The Morgan fingerprint density at radius 2 is 1.80 bits per heavy atom. The third-order valence-electron chi connectivity index (χ3n) is 7.00. The number of nitrogens with one attached hydrogen (secondary N) is 1. The predicted octanol–water partition coefficient (Wildman–Crippen LogP) is 3.78. The lowest BCUT2D eigenvalue weighted by atomic mass is 9.96. The number of nitrogens with zero attached hydrogens (tertiary/aromatic N) is 3. The number of benzene rings is 2. The second-order valence-electron chi connectivity index (χ2n) is 9.54. The number of hydrogen-bond acceptors (Lipinski definition) is 5. The largest absolute Gasteiger partial charge is 0.351 e. The molecule has 5 rings (SSSR count). The minimum absolute atomic E-state index is 0.269. The molecule has 1 amide bonds. The van der Waals surface area contributed by atoms with E-state index >= 15 is 0 Å². The van der Waals surface area contributed by atoms with Crippen LogP contribution in [0, 0.1) is 0 Å². The van der Waals surface area contributed by atoms with Crippen LogP contribution < -0.4 is 10.2 Å². The van der Waals surface area contributed by atoms with Crippen LogP contribution in [0.3, 0.4) is 0 Å². The van der Waals surface area contributed by atoms with Crippen LogP contribution in [0.25, 0.3) is 0 Å². The van der Waals surface area contributed by atoms with Gasteiger partial charge in [0.1, 0.15) is 12.1 Å². The normalized spacial score (nSPS) is 16.5. The van der Waals surface area contributed by atoms with Crippen molar-refractivity contribution in [2.45, 2.75) is 44.8 Å². The molecule has 1 saturated heterocycles. The second-order valence-corrected chi connectivity index (χ2v) is 9.54. The Morgan fingerprint density at radius 3 is 2.60 bits per heavy atom. The molecule has 6 nitrogen and oxygen atoms in total. The van der Waals surface area contributed by atoms with E-state index in [4.69, 9.17) is 0 Å². The van der Waals surface area contributed by atoms with Crippen molar-refractivity contribution in [1.82, 2.24) is 15.2 Å². The zero-order valence-corrected chi connectivity index (χ0v) is 20.0. The molecule has 0 aliphatic carbocycles. The zero-order valence-electron chi connectivity index (χ0n) is 20.0. The summed E-state index contributed by atoms with van der Waals surface area (Å²) in [6.45, 7) is 4.89. The number of aromatic nitrogens is 1. The Balaban J connectivity index is 1.31. The number of hydrogen-bond donors (Lipinski definition) is 1. The van der Waals surface area contributed by atoms with Crippen LogP contribution in [-0.2, 0) is 30.7 Å². The summed E-state index contributed by atoms with van der Waals surface area (Å²) in [5.41, 5.74) is 5.54. The molecule has 1 fully saturated rings. The van der Waals surface area contributed by atoms with Gasteiger partial charge in [-0.05, 0) is 73.2 Å². The number of pyridine rings is 1. The van der Waals surface area contributed by atoms with Crippen LogP contribution >= 0.6 is 0 Å². The van der Waals surface area contributed by atoms with Crippen LogP contribution in [-0.4, -0.2) is 47.8 Å². The van der Waals surface area contributed by atoms with Crippen molar-refractivity contribution in [3.63, 3.8) is 0 Å². The molecule has 1 atom stereocenters. The molecular weight excluding hydrogens is 436 g/mol. The highest BCUT2D eigenvalue weighted by atomic mass is 16.2. The molecule has 2 aromatic carbocycles. The second kappa shape index (κ2) is 10.8. The molecule has 2 aliphatic heterocycles. The molecule has 3 heterocycles. The molecule has 0 spiro atoms. The molecule has 180 valence electrons. The van der Waals surface area contributed by atoms with Gasteiger partial charge in [0.2, 0.25) is 0 Å². The molecule has 0 bridgehead atoms. The molecule has 0 saturated carbocycles. The maximum Gasteiger partial charge on any atom is 0.255 e. The first-order valence-corrected chi connectivity index (χ1v) is 12.5. The summed E-state index contributed by atoms with van der Waals surface area (Å²) in [5, 5.41) is 2.90. The minimum Gasteiger partial charge on any atom is -0.351 e. The van der Waals surface area contributed by atoms with E-state index in [9.17, 15) is 9.59 Å². The van der Waals surface area contributed by atoms with E-state index < -0.39 is 6.04 Å². The van der Waals surface area contributed by atoms with Crippen LogP contribution in [0.4, 0.5) is 5.82 Å². The Hall–Kier alpha value is -3.51. The van der Waals surface area contributed by atoms with Crippen molar-refractivity contribution in [1.29, 1.82) is 0 Å². The molecule has 1 unspecified atom stereocenters. The number of fused-ring (bicyclic) bond motifs is 1. The first-order chi connectivity index (χ1) is 17.2. The van der Waals surface area contributed by atoms with Gasteiger partial charge in [0.25, 0.3) is 5.91 Å². The molecule has 0 radical (unpaired) electrons. The summed E-state index contributed by atoms with van der Waals surface area (Å²) in [4.78, 5) is 34.2. The van der Waals surface area contributed by atoms with Gasteiger partial charge in [-0.25, -0.2) is 4.98 Å². The maximum atomic E-state index is 13.2. The summed E-state index contributed by atoms with van der Waals surface area (Å²) in [6, 6.07) is 19.6. The highest BCUT2D eigenvalue weighted by molar-refractivity contribution is 6.00. The minimum atomic E-state index is -0.590. The van der Waals surface area contributed by atoms with Crippen molar-refractivity contribution in [2.75, 3.05) is 24.5 Å². The quantitative estimate of drug-likeness (QED) is 0.510. The summed E-state index contributed by atoms with van der Waals surface area (Å²) >= 11 is 0. The number of carbonyl (C=O) groups is 2. The number of rotatable bonds is 8. The standard InChI is InChI=1S/C29H32N4O2/c34-21-26(18-22-7-2-1-3-8-22)31-29(35)27-9-6-13-30-28(27)33-16-12-24-11-10-23(17-25(24)20-33)19-32-14-4-5-15-32/h1-3,6-11,13,17,21,26H,4-5,12,14-16,18-20H2,(H,31,35). The van der Waals surface area contributed by atoms with E-state index in [0.29, 0.717) is 17.8 Å². The smallest absolute Gasteiger partial charge is 0.255 e. The van der Waals surface area contributed by atoms with Crippen LogP contribution in [0.2, 0.25) is 0 Å². The monoisotopic (exact) mass is 468 g/mol. The first kappa shape index (κ1) is 23.2. The lowest BCUT2D eigenvalue weighted by Gasteiger charge is -2.31.